The molecule has 0 heterocycles. The number of alkyl halides is 3. The van der Waals surface area contributed by atoms with Gasteiger partial charge in [0.1, 0.15) is 0 Å². The van der Waals surface area contributed by atoms with Crippen LogP contribution in [0.25, 0.3) is 0 Å². The summed E-state index contributed by atoms with van der Waals surface area (Å²) in [5.41, 5.74) is -0.438. The van der Waals surface area contributed by atoms with Gasteiger partial charge in [-0.3, -0.25) is 9.59 Å². The minimum absolute atomic E-state index is 0.0411. The number of anilines is 2. The quantitative estimate of drug-likeness (QED) is 0.822. The van der Waals surface area contributed by atoms with Crippen molar-refractivity contribution in [1.82, 2.24) is 0 Å². The Morgan fingerprint density at radius 1 is 0.962 bits per heavy atom. The standard InChI is InChI=1S/C19H19F3N2O2/c1-24(14-8-3-2-4-9-14)18(26)13-7-12-17(25)23-16-11-6-5-10-15(16)19(20,21)22/h2-6,8-11H,7,12-13H2,1H3,(H,23,25). The maximum Gasteiger partial charge on any atom is 0.418 e. The van der Waals surface area contributed by atoms with E-state index in [1.807, 2.05) is 18.2 Å². The molecule has 0 aliphatic rings. The van der Waals surface area contributed by atoms with Crippen LogP contribution in [0, 0.1) is 0 Å². The minimum atomic E-state index is -4.54. The maximum absolute atomic E-state index is 12.9. The average molecular weight is 364 g/mol. The number of carbonyl (C=O) groups excluding carboxylic acids is 2. The summed E-state index contributed by atoms with van der Waals surface area (Å²) in [6, 6.07) is 13.8. The van der Waals surface area contributed by atoms with Crippen molar-refractivity contribution >= 4 is 23.2 Å². The number of nitrogens with zero attached hydrogens (tertiary/aromatic N) is 1. The third kappa shape index (κ3) is 5.34. The van der Waals surface area contributed by atoms with Crippen LogP contribution in [0.1, 0.15) is 24.8 Å². The molecule has 0 aromatic heterocycles. The topological polar surface area (TPSA) is 49.4 Å². The molecule has 2 rings (SSSR count). The summed E-state index contributed by atoms with van der Waals surface area (Å²) < 4.78 is 38.7. The fraction of sp³-hybridized carbons (Fsp3) is 0.263. The summed E-state index contributed by atoms with van der Waals surface area (Å²) >= 11 is 0. The van der Waals surface area contributed by atoms with Gasteiger partial charge in [0.25, 0.3) is 0 Å². The Kier molecular flexibility index (Phi) is 6.38. The molecule has 2 aromatic rings. The highest BCUT2D eigenvalue weighted by atomic mass is 19.4. The number of nitrogens with one attached hydrogen (secondary N) is 1. The van der Waals surface area contributed by atoms with Crippen LogP contribution in [0.15, 0.2) is 54.6 Å². The van der Waals surface area contributed by atoms with Gasteiger partial charge in [0.15, 0.2) is 0 Å². The summed E-state index contributed by atoms with van der Waals surface area (Å²) in [4.78, 5) is 25.5. The number of para-hydroxylation sites is 2. The van der Waals surface area contributed by atoms with Crippen molar-refractivity contribution in [3.63, 3.8) is 0 Å². The Bertz CT molecular complexity index is 761. The molecule has 1 N–H and O–H groups in total. The van der Waals surface area contributed by atoms with Crippen LogP contribution >= 0.6 is 0 Å². The Labute approximate surface area is 149 Å². The third-order valence-electron chi connectivity index (χ3n) is 3.82. The smallest absolute Gasteiger partial charge is 0.326 e. The van der Waals surface area contributed by atoms with Crippen molar-refractivity contribution in [3.05, 3.63) is 60.2 Å². The first kappa shape index (κ1) is 19.5. The van der Waals surface area contributed by atoms with Gasteiger partial charge in [-0.2, -0.15) is 13.2 Å². The number of hydrogen-bond donors (Lipinski definition) is 1. The molecule has 0 aliphatic heterocycles. The zero-order valence-electron chi connectivity index (χ0n) is 14.2. The average Bonchev–Trinajstić information content (AvgIpc) is 2.61. The summed E-state index contributed by atoms with van der Waals surface area (Å²) in [6.07, 6.45) is -4.21. The molecule has 0 atom stereocenters. The Hall–Kier alpha value is -2.83. The molecule has 2 aromatic carbocycles. The molecule has 0 radical (unpaired) electrons. The van der Waals surface area contributed by atoms with Gasteiger partial charge in [0.05, 0.1) is 11.3 Å². The van der Waals surface area contributed by atoms with E-state index < -0.39 is 17.6 Å². The molecule has 138 valence electrons. The van der Waals surface area contributed by atoms with E-state index in [1.54, 1.807) is 19.2 Å². The van der Waals surface area contributed by atoms with Crippen molar-refractivity contribution in [1.29, 1.82) is 0 Å². The van der Waals surface area contributed by atoms with E-state index in [2.05, 4.69) is 5.32 Å². The second-order valence-electron chi connectivity index (χ2n) is 5.73. The van der Waals surface area contributed by atoms with E-state index in [0.717, 1.165) is 11.8 Å². The fourth-order valence-corrected chi connectivity index (χ4v) is 2.42. The van der Waals surface area contributed by atoms with Crippen LogP contribution in [-0.2, 0) is 15.8 Å². The number of hydrogen-bond acceptors (Lipinski definition) is 2. The lowest BCUT2D eigenvalue weighted by Crippen LogP contribution is -2.26. The van der Waals surface area contributed by atoms with Crippen molar-refractivity contribution in [2.24, 2.45) is 0 Å². The molecule has 0 saturated heterocycles. The van der Waals surface area contributed by atoms with Gasteiger partial charge in [0.2, 0.25) is 11.8 Å². The van der Waals surface area contributed by atoms with E-state index in [1.165, 1.54) is 23.1 Å². The highest BCUT2D eigenvalue weighted by Crippen LogP contribution is 2.34. The van der Waals surface area contributed by atoms with Gasteiger partial charge in [-0.15, -0.1) is 0 Å². The van der Waals surface area contributed by atoms with Gasteiger partial charge >= 0.3 is 6.18 Å². The molecular formula is C19H19F3N2O2. The number of halogens is 3. The van der Waals surface area contributed by atoms with Crippen molar-refractivity contribution < 1.29 is 22.8 Å². The molecule has 4 nitrogen and oxygen atoms in total. The van der Waals surface area contributed by atoms with E-state index >= 15 is 0 Å². The Morgan fingerprint density at radius 3 is 2.23 bits per heavy atom. The molecule has 2 amide bonds. The van der Waals surface area contributed by atoms with E-state index in [-0.39, 0.29) is 30.9 Å². The zero-order valence-corrected chi connectivity index (χ0v) is 14.2. The fourth-order valence-electron chi connectivity index (χ4n) is 2.42. The first-order chi connectivity index (χ1) is 12.3. The van der Waals surface area contributed by atoms with Crippen LogP contribution in [0.4, 0.5) is 24.5 Å². The summed E-state index contributed by atoms with van der Waals surface area (Å²) in [5, 5.41) is 2.27. The summed E-state index contributed by atoms with van der Waals surface area (Å²) in [5.74, 6) is -0.725. The molecule has 0 aliphatic carbocycles. The predicted octanol–water partition coefficient (Wildman–Crippen LogP) is 4.48. The first-order valence-corrected chi connectivity index (χ1v) is 8.06. The van der Waals surface area contributed by atoms with Gasteiger partial charge in [0, 0.05) is 25.6 Å². The van der Waals surface area contributed by atoms with Crippen LogP contribution in [0.2, 0.25) is 0 Å². The van der Waals surface area contributed by atoms with E-state index in [0.29, 0.717) is 0 Å². The van der Waals surface area contributed by atoms with Crippen LogP contribution < -0.4 is 10.2 Å². The number of carbonyl (C=O) groups is 2. The predicted molar refractivity (Wildman–Crippen MR) is 93.8 cm³/mol. The molecule has 26 heavy (non-hydrogen) atoms. The summed E-state index contributed by atoms with van der Waals surface area (Å²) in [6.45, 7) is 0. The summed E-state index contributed by atoms with van der Waals surface area (Å²) in [7, 11) is 1.64. The lowest BCUT2D eigenvalue weighted by atomic mass is 10.1. The second kappa shape index (κ2) is 8.51. The van der Waals surface area contributed by atoms with Gasteiger partial charge < -0.3 is 10.2 Å². The van der Waals surface area contributed by atoms with Crippen molar-refractivity contribution in [2.45, 2.75) is 25.4 Å². The third-order valence-corrected chi connectivity index (χ3v) is 3.82. The SMILES string of the molecule is CN(C(=O)CCCC(=O)Nc1ccccc1C(F)(F)F)c1ccccc1. The minimum Gasteiger partial charge on any atom is -0.326 e. The van der Waals surface area contributed by atoms with Crippen molar-refractivity contribution in [2.75, 3.05) is 17.3 Å². The number of amides is 2. The largest absolute Gasteiger partial charge is 0.418 e. The zero-order chi connectivity index (χ0) is 19.2. The maximum atomic E-state index is 12.9. The molecule has 7 heteroatoms. The highest BCUT2D eigenvalue weighted by molar-refractivity contribution is 5.94. The molecule has 0 spiro atoms. The van der Waals surface area contributed by atoms with Crippen molar-refractivity contribution in [3.8, 4) is 0 Å². The lowest BCUT2D eigenvalue weighted by molar-refractivity contribution is -0.137. The van der Waals surface area contributed by atoms with E-state index in [9.17, 15) is 22.8 Å². The lowest BCUT2D eigenvalue weighted by Gasteiger charge is -2.17. The monoisotopic (exact) mass is 364 g/mol. The molecular weight excluding hydrogens is 345 g/mol. The first-order valence-electron chi connectivity index (χ1n) is 8.06. The van der Waals surface area contributed by atoms with Crippen LogP contribution in [0.3, 0.4) is 0 Å². The molecule has 0 bridgehead atoms. The molecule has 0 unspecified atom stereocenters. The van der Waals surface area contributed by atoms with Gasteiger partial charge in [-0.1, -0.05) is 30.3 Å². The van der Waals surface area contributed by atoms with Gasteiger partial charge in [-0.25, -0.2) is 0 Å². The van der Waals surface area contributed by atoms with Crippen LogP contribution in [0.5, 0.6) is 0 Å². The number of rotatable bonds is 6. The normalized spacial score (nSPS) is 11.1. The number of benzene rings is 2. The molecule has 0 fully saturated rings. The Balaban J connectivity index is 1.86. The Morgan fingerprint density at radius 2 is 1.58 bits per heavy atom. The second-order valence-corrected chi connectivity index (χ2v) is 5.73. The molecule has 0 saturated carbocycles. The van der Waals surface area contributed by atoms with Crippen LogP contribution in [-0.4, -0.2) is 18.9 Å². The van der Waals surface area contributed by atoms with Gasteiger partial charge in [-0.05, 0) is 30.7 Å². The van der Waals surface area contributed by atoms with E-state index in [4.69, 9.17) is 0 Å². The highest BCUT2D eigenvalue weighted by Gasteiger charge is 2.33.